The zero-order valence-corrected chi connectivity index (χ0v) is 18.1. The van der Waals surface area contributed by atoms with Crippen molar-refractivity contribution in [2.45, 2.75) is 45.7 Å². The highest BCUT2D eigenvalue weighted by atomic mass is 16.2. The minimum absolute atomic E-state index is 0.232. The van der Waals surface area contributed by atoms with Gasteiger partial charge in [-0.2, -0.15) is 0 Å². The molecule has 3 N–H and O–H groups in total. The van der Waals surface area contributed by atoms with Gasteiger partial charge in [-0.1, -0.05) is 36.8 Å². The molecule has 0 radical (unpaired) electrons. The molecule has 0 aromatic heterocycles. The Kier molecular flexibility index (Phi) is 7.78. The SMILES string of the molecule is CC(=O)Nc1cc(NC(C)=O)cc(C(=O)NCC2CCCCN2Cc2ccccc2)c1. The molecular formula is C24H30N4O3. The number of nitrogens with one attached hydrogen (secondary N) is 3. The van der Waals surface area contributed by atoms with Gasteiger partial charge in [-0.05, 0) is 43.1 Å². The van der Waals surface area contributed by atoms with Crippen LogP contribution in [0.15, 0.2) is 48.5 Å². The average molecular weight is 423 g/mol. The van der Waals surface area contributed by atoms with Gasteiger partial charge < -0.3 is 16.0 Å². The predicted molar refractivity (Wildman–Crippen MR) is 122 cm³/mol. The fourth-order valence-corrected chi connectivity index (χ4v) is 3.94. The van der Waals surface area contributed by atoms with Crippen LogP contribution in [-0.4, -0.2) is 41.8 Å². The monoisotopic (exact) mass is 422 g/mol. The molecule has 7 heteroatoms. The van der Waals surface area contributed by atoms with Gasteiger partial charge in [-0.15, -0.1) is 0 Å². The maximum Gasteiger partial charge on any atom is 0.251 e. The second-order valence-corrected chi connectivity index (χ2v) is 7.98. The van der Waals surface area contributed by atoms with Crippen molar-refractivity contribution in [3.63, 3.8) is 0 Å². The average Bonchev–Trinajstić information content (AvgIpc) is 2.72. The minimum Gasteiger partial charge on any atom is -0.350 e. The van der Waals surface area contributed by atoms with Crippen LogP contribution in [0, 0.1) is 0 Å². The van der Waals surface area contributed by atoms with E-state index in [1.165, 1.54) is 19.4 Å². The van der Waals surface area contributed by atoms with E-state index in [0.29, 0.717) is 23.5 Å². The zero-order chi connectivity index (χ0) is 22.2. The first-order valence-electron chi connectivity index (χ1n) is 10.7. The van der Waals surface area contributed by atoms with Crippen molar-refractivity contribution in [1.29, 1.82) is 0 Å². The van der Waals surface area contributed by atoms with Gasteiger partial charge >= 0.3 is 0 Å². The third kappa shape index (κ3) is 6.93. The number of hydrogen-bond acceptors (Lipinski definition) is 4. The van der Waals surface area contributed by atoms with Gasteiger partial charge in [0, 0.05) is 49.9 Å². The van der Waals surface area contributed by atoms with Gasteiger partial charge in [0.1, 0.15) is 0 Å². The summed E-state index contributed by atoms with van der Waals surface area (Å²) in [6.07, 6.45) is 3.35. The number of amides is 3. The lowest BCUT2D eigenvalue weighted by atomic mass is 10.0. The van der Waals surface area contributed by atoms with Crippen LogP contribution in [0.3, 0.4) is 0 Å². The lowest BCUT2D eigenvalue weighted by Crippen LogP contribution is -2.46. The van der Waals surface area contributed by atoms with Crippen LogP contribution in [-0.2, 0) is 16.1 Å². The Morgan fingerprint density at radius 1 is 0.935 bits per heavy atom. The molecule has 1 saturated heterocycles. The summed E-state index contributed by atoms with van der Waals surface area (Å²) in [7, 11) is 0. The van der Waals surface area contributed by atoms with Crippen LogP contribution in [0.1, 0.15) is 49.0 Å². The second-order valence-electron chi connectivity index (χ2n) is 7.98. The smallest absolute Gasteiger partial charge is 0.251 e. The second kappa shape index (κ2) is 10.7. The third-order valence-electron chi connectivity index (χ3n) is 5.31. The number of hydrogen-bond donors (Lipinski definition) is 3. The van der Waals surface area contributed by atoms with Crippen LogP contribution in [0.2, 0.25) is 0 Å². The predicted octanol–water partition coefficient (Wildman–Crippen LogP) is 3.39. The summed E-state index contributed by atoms with van der Waals surface area (Å²) in [6, 6.07) is 15.5. The molecule has 1 fully saturated rings. The molecule has 0 saturated carbocycles. The van der Waals surface area contributed by atoms with Gasteiger partial charge in [0.25, 0.3) is 5.91 Å². The molecule has 3 amide bonds. The molecule has 1 unspecified atom stereocenters. The highest BCUT2D eigenvalue weighted by Crippen LogP contribution is 2.21. The number of carbonyl (C=O) groups is 3. The van der Waals surface area contributed by atoms with Gasteiger partial charge in [-0.25, -0.2) is 0 Å². The molecule has 1 aliphatic rings. The minimum atomic E-state index is -0.245. The number of carbonyl (C=O) groups excluding carboxylic acids is 3. The lowest BCUT2D eigenvalue weighted by molar-refractivity contribution is -0.115. The van der Waals surface area contributed by atoms with E-state index in [9.17, 15) is 14.4 Å². The molecule has 0 spiro atoms. The number of likely N-dealkylation sites (tertiary alicyclic amines) is 1. The summed E-state index contributed by atoms with van der Waals surface area (Å²) in [5.74, 6) is -0.723. The lowest BCUT2D eigenvalue weighted by Gasteiger charge is -2.36. The summed E-state index contributed by atoms with van der Waals surface area (Å²) in [5.41, 5.74) is 2.59. The number of nitrogens with zero attached hydrogens (tertiary/aromatic N) is 1. The van der Waals surface area contributed by atoms with E-state index in [-0.39, 0.29) is 23.8 Å². The molecule has 1 atom stereocenters. The van der Waals surface area contributed by atoms with Crippen molar-refractivity contribution in [1.82, 2.24) is 10.2 Å². The van der Waals surface area contributed by atoms with Crippen LogP contribution in [0.25, 0.3) is 0 Å². The Hall–Kier alpha value is -3.19. The van der Waals surface area contributed by atoms with Gasteiger partial charge in [0.05, 0.1) is 0 Å². The number of rotatable bonds is 7. The van der Waals surface area contributed by atoms with Crippen molar-refractivity contribution >= 4 is 29.1 Å². The molecule has 0 aliphatic carbocycles. The first-order valence-corrected chi connectivity index (χ1v) is 10.7. The Morgan fingerprint density at radius 3 is 2.19 bits per heavy atom. The van der Waals surface area contributed by atoms with Crippen molar-refractivity contribution in [3.8, 4) is 0 Å². The quantitative estimate of drug-likeness (QED) is 0.638. The summed E-state index contributed by atoms with van der Waals surface area (Å²) in [4.78, 5) is 38.2. The van der Waals surface area contributed by atoms with E-state index in [1.54, 1.807) is 18.2 Å². The Balaban J connectivity index is 1.68. The third-order valence-corrected chi connectivity index (χ3v) is 5.31. The molecular weight excluding hydrogens is 392 g/mol. The molecule has 7 nitrogen and oxygen atoms in total. The van der Waals surface area contributed by atoms with Gasteiger partial charge in [-0.3, -0.25) is 19.3 Å². The van der Waals surface area contributed by atoms with E-state index in [1.807, 2.05) is 18.2 Å². The summed E-state index contributed by atoms with van der Waals surface area (Å²) < 4.78 is 0. The van der Waals surface area contributed by atoms with E-state index >= 15 is 0 Å². The molecule has 2 aromatic carbocycles. The zero-order valence-electron chi connectivity index (χ0n) is 18.1. The summed E-state index contributed by atoms with van der Waals surface area (Å²) in [6.45, 7) is 5.22. The molecule has 0 bridgehead atoms. The van der Waals surface area contributed by atoms with E-state index in [0.717, 1.165) is 32.4 Å². The molecule has 1 aliphatic heterocycles. The highest BCUT2D eigenvalue weighted by molar-refractivity contribution is 5.99. The standard InChI is InChI=1S/C24H30N4O3/c1-17(29)26-21-12-20(13-22(14-21)27-18(2)30)24(31)25-15-23-10-6-7-11-28(23)16-19-8-4-3-5-9-19/h3-5,8-9,12-14,23H,6-7,10-11,15-16H2,1-2H3,(H,25,31)(H,26,29)(H,27,30). The highest BCUT2D eigenvalue weighted by Gasteiger charge is 2.23. The number of benzene rings is 2. The van der Waals surface area contributed by atoms with E-state index < -0.39 is 0 Å². The first-order chi connectivity index (χ1) is 14.9. The summed E-state index contributed by atoms with van der Waals surface area (Å²) >= 11 is 0. The first kappa shape index (κ1) is 22.5. The molecule has 2 aromatic rings. The molecule has 1 heterocycles. The fourth-order valence-electron chi connectivity index (χ4n) is 3.94. The van der Waals surface area contributed by atoms with Crippen LogP contribution in [0.4, 0.5) is 11.4 Å². The fraction of sp³-hybridized carbons (Fsp3) is 0.375. The largest absolute Gasteiger partial charge is 0.350 e. The molecule has 3 rings (SSSR count). The Labute approximate surface area is 183 Å². The molecule has 164 valence electrons. The number of anilines is 2. The number of piperidine rings is 1. The van der Waals surface area contributed by atoms with Crippen molar-refractivity contribution < 1.29 is 14.4 Å². The van der Waals surface area contributed by atoms with E-state index in [4.69, 9.17) is 0 Å². The Morgan fingerprint density at radius 2 is 1.58 bits per heavy atom. The van der Waals surface area contributed by atoms with Crippen LogP contribution < -0.4 is 16.0 Å². The maximum atomic E-state index is 12.9. The van der Waals surface area contributed by atoms with E-state index in [2.05, 4.69) is 33.0 Å². The van der Waals surface area contributed by atoms with Crippen molar-refractivity contribution in [2.24, 2.45) is 0 Å². The van der Waals surface area contributed by atoms with Gasteiger partial charge in [0.15, 0.2) is 0 Å². The van der Waals surface area contributed by atoms with Crippen molar-refractivity contribution in [2.75, 3.05) is 23.7 Å². The van der Waals surface area contributed by atoms with Gasteiger partial charge in [0.2, 0.25) is 11.8 Å². The summed E-state index contributed by atoms with van der Waals surface area (Å²) in [5, 5.41) is 8.39. The van der Waals surface area contributed by atoms with Crippen LogP contribution >= 0.6 is 0 Å². The normalized spacial score (nSPS) is 16.4. The molecule has 31 heavy (non-hydrogen) atoms. The topological polar surface area (TPSA) is 90.5 Å². The van der Waals surface area contributed by atoms with Crippen molar-refractivity contribution in [3.05, 3.63) is 59.7 Å². The Bertz CT molecular complexity index is 895. The maximum absolute atomic E-state index is 12.9. The van der Waals surface area contributed by atoms with Crippen LogP contribution in [0.5, 0.6) is 0 Å².